The van der Waals surface area contributed by atoms with Gasteiger partial charge in [0.1, 0.15) is 4.99 Å². The molecular weight excluding hydrogens is 224 g/mol. The minimum Gasteiger partial charge on any atom is -0.394 e. The van der Waals surface area contributed by atoms with Crippen LogP contribution < -0.4 is 10.6 Å². The second kappa shape index (κ2) is 5.79. The largest absolute Gasteiger partial charge is 0.394 e. The minimum absolute atomic E-state index is 0.251. The summed E-state index contributed by atoms with van der Waals surface area (Å²) >= 11 is 4.89. The molecule has 0 saturated heterocycles. The molecule has 0 aliphatic heterocycles. The summed E-state index contributed by atoms with van der Waals surface area (Å²) in [6, 6.07) is 7.44. The Bertz CT molecular complexity index is 371. The Labute approximate surface area is 100 Å². The third-order valence-electron chi connectivity index (χ3n) is 2.27. The molecule has 0 radical (unpaired) electrons. The van der Waals surface area contributed by atoms with Gasteiger partial charge in [0, 0.05) is 24.8 Å². The summed E-state index contributed by atoms with van der Waals surface area (Å²) in [5.74, 6) is 0. The van der Waals surface area contributed by atoms with Crippen LogP contribution in [0.1, 0.15) is 5.56 Å². The third kappa shape index (κ3) is 3.44. The summed E-state index contributed by atoms with van der Waals surface area (Å²) in [4.78, 5) is 2.18. The fourth-order valence-electron chi connectivity index (χ4n) is 1.38. The molecule has 0 spiro atoms. The molecular formula is C11H16N2O2S. The molecule has 0 saturated carbocycles. The molecule has 1 atom stereocenters. The molecule has 0 amide bonds. The number of rotatable bonds is 5. The van der Waals surface area contributed by atoms with Crippen LogP contribution in [0, 0.1) is 0 Å². The van der Waals surface area contributed by atoms with E-state index >= 15 is 0 Å². The Kier molecular flexibility index (Phi) is 4.67. The summed E-state index contributed by atoms with van der Waals surface area (Å²) in [7, 11) is 1.83. The molecule has 4 nitrogen and oxygen atoms in total. The number of hydrogen-bond acceptors (Lipinski definition) is 4. The Morgan fingerprint density at radius 1 is 1.56 bits per heavy atom. The lowest BCUT2D eigenvalue weighted by Gasteiger charge is -2.22. The van der Waals surface area contributed by atoms with Crippen LogP contribution >= 0.6 is 12.2 Å². The van der Waals surface area contributed by atoms with E-state index in [0.717, 1.165) is 11.3 Å². The van der Waals surface area contributed by atoms with E-state index in [1.807, 2.05) is 36.2 Å². The average Bonchev–Trinajstić information content (AvgIpc) is 2.28. The van der Waals surface area contributed by atoms with Gasteiger partial charge < -0.3 is 20.8 Å². The van der Waals surface area contributed by atoms with Crippen molar-refractivity contribution >= 4 is 22.9 Å². The first-order chi connectivity index (χ1) is 7.54. The molecule has 0 bridgehead atoms. The Morgan fingerprint density at radius 2 is 2.25 bits per heavy atom. The molecule has 1 unspecified atom stereocenters. The highest BCUT2D eigenvalue weighted by Gasteiger charge is 2.08. The molecule has 1 rings (SSSR count). The number of benzene rings is 1. The van der Waals surface area contributed by atoms with Crippen molar-refractivity contribution in [3.63, 3.8) is 0 Å². The lowest BCUT2D eigenvalue weighted by Crippen LogP contribution is -2.31. The summed E-state index contributed by atoms with van der Waals surface area (Å²) in [5, 5.41) is 18.1. The Hall–Kier alpha value is -1.17. The first-order valence-corrected chi connectivity index (χ1v) is 5.35. The number of aliphatic hydroxyl groups is 2. The zero-order valence-electron chi connectivity index (χ0n) is 9.13. The highest BCUT2D eigenvalue weighted by atomic mass is 32.1. The summed E-state index contributed by atoms with van der Waals surface area (Å²) in [5.41, 5.74) is 7.22. The van der Waals surface area contributed by atoms with Crippen LogP contribution in [0.4, 0.5) is 5.69 Å². The normalized spacial score (nSPS) is 12.2. The fourth-order valence-corrected chi connectivity index (χ4v) is 1.50. The summed E-state index contributed by atoms with van der Waals surface area (Å²) < 4.78 is 0. The van der Waals surface area contributed by atoms with Gasteiger partial charge in [0.05, 0.1) is 12.7 Å². The van der Waals surface area contributed by atoms with Crippen molar-refractivity contribution in [2.24, 2.45) is 5.73 Å². The zero-order valence-corrected chi connectivity index (χ0v) is 9.94. The van der Waals surface area contributed by atoms with Crippen LogP contribution in [-0.2, 0) is 0 Å². The van der Waals surface area contributed by atoms with Crippen molar-refractivity contribution in [1.29, 1.82) is 0 Å². The van der Waals surface area contributed by atoms with Gasteiger partial charge in [-0.1, -0.05) is 24.4 Å². The second-order valence-corrected chi connectivity index (χ2v) is 4.07. The quantitative estimate of drug-likeness (QED) is 0.637. The van der Waals surface area contributed by atoms with Crippen LogP contribution in [0.3, 0.4) is 0 Å². The maximum absolute atomic E-state index is 9.33. The van der Waals surface area contributed by atoms with Crippen LogP contribution in [0.25, 0.3) is 0 Å². The van der Waals surface area contributed by atoms with Crippen molar-refractivity contribution in [2.75, 3.05) is 25.1 Å². The second-order valence-electron chi connectivity index (χ2n) is 3.63. The molecule has 88 valence electrons. The molecule has 1 aromatic carbocycles. The van der Waals surface area contributed by atoms with E-state index in [9.17, 15) is 5.11 Å². The smallest absolute Gasteiger partial charge is 0.104 e. The van der Waals surface area contributed by atoms with Crippen molar-refractivity contribution in [1.82, 2.24) is 0 Å². The van der Waals surface area contributed by atoms with Gasteiger partial charge in [0.15, 0.2) is 0 Å². The molecule has 0 aromatic heterocycles. The number of anilines is 1. The predicted octanol–water partition coefficient (Wildman–Crippen LogP) is 0.110. The molecule has 5 heteroatoms. The lowest BCUT2D eigenvalue weighted by atomic mass is 10.2. The third-order valence-corrected chi connectivity index (χ3v) is 2.50. The Balaban J connectivity index is 2.79. The van der Waals surface area contributed by atoms with E-state index in [1.165, 1.54) is 0 Å². The van der Waals surface area contributed by atoms with Crippen LogP contribution in [0.2, 0.25) is 0 Å². The molecule has 0 fully saturated rings. The molecule has 1 aromatic rings. The molecule has 0 aliphatic carbocycles. The van der Waals surface area contributed by atoms with Crippen molar-refractivity contribution in [3.8, 4) is 0 Å². The van der Waals surface area contributed by atoms with E-state index in [4.69, 9.17) is 23.1 Å². The van der Waals surface area contributed by atoms with Crippen LogP contribution in [0.5, 0.6) is 0 Å². The van der Waals surface area contributed by atoms with Gasteiger partial charge in [-0.3, -0.25) is 0 Å². The first-order valence-electron chi connectivity index (χ1n) is 4.94. The highest BCUT2D eigenvalue weighted by molar-refractivity contribution is 7.80. The van der Waals surface area contributed by atoms with Crippen molar-refractivity contribution in [3.05, 3.63) is 29.8 Å². The highest BCUT2D eigenvalue weighted by Crippen LogP contribution is 2.15. The number of thiocarbonyl (C=S) groups is 1. The fraction of sp³-hybridized carbons (Fsp3) is 0.364. The number of hydrogen-bond donors (Lipinski definition) is 3. The number of nitrogens with zero attached hydrogens (tertiary/aromatic N) is 1. The average molecular weight is 240 g/mol. The van der Waals surface area contributed by atoms with E-state index in [1.54, 1.807) is 0 Å². The maximum atomic E-state index is 9.33. The van der Waals surface area contributed by atoms with E-state index in [-0.39, 0.29) is 6.61 Å². The van der Waals surface area contributed by atoms with E-state index in [0.29, 0.717) is 11.5 Å². The summed E-state index contributed by atoms with van der Waals surface area (Å²) in [6.45, 7) is 0.108. The molecule has 16 heavy (non-hydrogen) atoms. The minimum atomic E-state index is -0.751. The van der Waals surface area contributed by atoms with Crippen molar-refractivity contribution in [2.45, 2.75) is 6.10 Å². The van der Waals surface area contributed by atoms with Gasteiger partial charge in [-0.2, -0.15) is 0 Å². The van der Waals surface area contributed by atoms with Gasteiger partial charge in [0.2, 0.25) is 0 Å². The Morgan fingerprint density at radius 3 is 2.81 bits per heavy atom. The monoisotopic (exact) mass is 240 g/mol. The number of likely N-dealkylation sites (N-methyl/N-ethyl adjacent to an activating group) is 1. The van der Waals surface area contributed by atoms with Gasteiger partial charge >= 0.3 is 0 Å². The number of nitrogens with two attached hydrogens (primary N) is 1. The first kappa shape index (κ1) is 12.9. The summed E-state index contributed by atoms with van der Waals surface area (Å²) in [6.07, 6.45) is -0.751. The van der Waals surface area contributed by atoms with Gasteiger partial charge in [-0.05, 0) is 12.1 Å². The van der Waals surface area contributed by atoms with Gasteiger partial charge in [-0.25, -0.2) is 0 Å². The topological polar surface area (TPSA) is 69.7 Å². The van der Waals surface area contributed by atoms with E-state index in [2.05, 4.69) is 0 Å². The SMILES string of the molecule is CN(CC(O)CO)c1cccc(C(N)=S)c1. The van der Waals surface area contributed by atoms with Gasteiger partial charge in [0.25, 0.3) is 0 Å². The number of aliphatic hydroxyl groups excluding tert-OH is 2. The molecule has 4 N–H and O–H groups in total. The molecule has 0 heterocycles. The van der Waals surface area contributed by atoms with Gasteiger partial charge in [-0.15, -0.1) is 0 Å². The standard InChI is InChI=1S/C11H16N2O2S/c1-13(6-10(15)7-14)9-4-2-3-8(5-9)11(12)16/h2-5,10,14-15H,6-7H2,1H3,(H2,12,16). The van der Waals surface area contributed by atoms with Crippen molar-refractivity contribution < 1.29 is 10.2 Å². The van der Waals surface area contributed by atoms with Crippen LogP contribution in [-0.4, -0.2) is 41.5 Å². The zero-order chi connectivity index (χ0) is 12.1. The van der Waals surface area contributed by atoms with Crippen LogP contribution in [0.15, 0.2) is 24.3 Å². The van der Waals surface area contributed by atoms with E-state index < -0.39 is 6.10 Å². The lowest BCUT2D eigenvalue weighted by molar-refractivity contribution is 0.101. The molecule has 0 aliphatic rings. The predicted molar refractivity (Wildman–Crippen MR) is 68.7 cm³/mol. The maximum Gasteiger partial charge on any atom is 0.104 e.